The first-order chi connectivity index (χ1) is 11.5. The van der Waals surface area contributed by atoms with Gasteiger partial charge < -0.3 is 9.47 Å². The molecule has 0 saturated carbocycles. The molecule has 0 aliphatic carbocycles. The van der Waals surface area contributed by atoms with Crippen molar-refractivity contribution in [3.05, 3.63) is 0 Å². The van der Waals surface area contributed by atoms with Crippen LogP contribution in [0.25, 0.3) is 0 Å². The van der Waals surface area contributed by atoms with Crippen LogP contribution in [0.4, 0.5) is 0 Å². The fourth-order valence-corrected chi connectivity index (χ4v) is 4.14. The van der Waals surface area contributed by atoms with Gasteiger partial charge in [0.05, 0.1) is 18.5 Å². The third-order valence-electron chi connectivity index (χ3n) is 4.57. The molecule has 7 heteroatoms. The molecule has 0 aromatic carbocycles. The van der Waals surface area contributed by atoms with Crippen molar-refractivity contribution in [2.45, 2.75) is 98.9 Å². The SMILES string of the molecule is CC(C)(C)[C@H]1N=C(CC2=N[C@H](C(C)(C)C)C(C)(C)O2)OC1(C)C.[Br][Ni][Br]. The first-order valence-electron chi connectivity index (χ1n) is 8.88. The molecule has 2 heterocycles. The summed E-state index contributed by atoms with van der Waals surface area (Å²) in [4.78, 5) is 9.69. The second kappa shape index (κ2) is 8.41. The predicted molar refractivity (Wildman–Crippen MR) is 114 cm³/mol. The van der Waals surface area contributed by atoms with Gasteiger partial charge in [-0.3, -0.25) is 0 Å². The van der Waals surface area contributed by atoms with E-state index in [9.17, 15) is 0 Å². The molecular formula is C19H34Br2N2NiO2. The van der Waals surface area contributed by atoms with Crippen LogP contribution in [0.5, 0.6) is 0 Å². The predicted octanol–water partition coefficient (Wildman–Crippen LogP) is 6.31. The molecule has 2 atom stereocenters. The molecule has 2 aliphatic rings. The molecule has 0 aromatic rings. The number of halogens is 2. The Morgan fingerprint density at radius 2 is 1.08 bits per heavy atom. The fraction of sp³-hybridized carbons (Fsp3) is 0.895. The fourth-order valence-electron chi connectivity index (χ4n) is 4.14. The second-order valence-electron chi connectivity index (χ2n) is 10.2. The molecule has 4 nitrogen and oxygen atoms in total. The van der Waals surface area contributed by atoms with Gasteiger partial charge in [0.1, 0.15) is 11.2 Å². The minimum atomic E-state index is -0.286. The van der Waals surface area contributed by atoms with Gasteiger partial charge in [-0.15, -0.1) is 0 Å². The number of aliphatic imine (C=N–C) groups is 2. The van der Waals surface area contributed by atoms with Gasteiger partial charge in [0, 0.05) is 0 Å². The maximum absolute atomic E-state index is 6.13. The van der Waals surface area contributed by atoms with Crippen LogP contribution in [0.15, 0.2) is 9.98 Å². The quantitative estimate of drug-likeness (QED) is 0.385. The van der Waals surface area contributed by atoms with Gasteiger partial charge in [-0.2, -0.15) is 0 Å². The number of rotatable bonds is 2. The molecular weight excluding hydrogens is 507 g/mol. The van der Waals surface area contributed by atoms with Crippen LogP contribution in [-0.4, -0.2) is 35.1 Å². The molecule has 2 rings (SSSR count). The standard InChI is InChI=1S/C19H34N2O2.2BrH.Ni/c1-16(2,3)14-18(7,8)22-12(20-14)11-13-21-15(17(4,5)6)19(9,10)23-13;;;/h14-15H,11H2,1-10H3;2*1H;/q;;;+2/p-2/t14-,15-;;;/m1.../s1. The summed E-state index contributed by atoms with van der Waals surface area (Å²) < 4.78 is 12.3. The summed E-state index contributed by atoms with van der Waals surface area (Å²) in [6, 6.07) is 0.275. The molecule has 0 spiro atoms. The Balaban J connectivity index is 0.00000105. The molecule has 0 saturated heterocycles. The Bertz CT molecular complexity index is 513. The van der Waals surface area contributed by atoms with Gasteiger partial charge in [-0.1, -0.05) is 41.5 Å². The van der Waals surface area contributed by atoms with E-state index in [1.54, 1.807) is 0 Å². The van der Waals surface area contributed by atoms with Crippen LogP contribution in [0.1, 0.15) is 75.7 Å². The van der Waals surface area contributed by atoms with E-state index in [0.717, 1.165) is 11.8 Å². The summed E-state index contributed by atoms with van der Waals surface area (Å²) in [5.41, 5.74) is -0.439. The number of nitrogens with zero attached hydrogens (tertiary/aromatic N) is 2. The van der Waals surface area contributed by atoms with Crippen LogP contribution >= 0.6 is 28.5 Å². The minimum absolute atomic E-state index is 0.0663. The van der Waals surface area contributed by atoms with Crippen molar-refractivity contribution in [2.24, 2.45) is 20.8 Å². The van der Waals surface area contributed by atoms with Crippen LogP contribution in [0.3, 0.4) is 0 Å². The Hall–Kier alpha value is 0.394. The zero-order valence-electron chi connectivity index (χ0n) is 17.6. The van der Waals surface area contributed by atoms with Gasteiger partial charge >= 0.3 is 39.3 Å². The maximum atomic E-state index is 6.13. The van der Waals surface area contributed by atoms with E-state index in [1.165, 1.54) is 10.9 Å². The van der Waals surface area contributed by atoms with Crippen molar-refractivity contribution in [1.82, 2.24) is 0 Å². The van der Waals surface area contributed by atoms with E-state index in [-0.39, 0.29) is 34.1 Å². The summed E-state index contributed by atoms with van der Waals surface area (Å²) in [5, 5.41) is 0. The van der Waals surface area contributed by atoms with Gasteiger partial charge in [0.25, 0.3) is 0 Å². The normalized spacial score (nSPS) is 27.1. The zero-order valence-corrected chi connectivity index (χ0v) is 21.8. The number of ether oxygens (including phenoxy) is 2. The van der Waals surface area contributed by atoms with E-state index >= 15 is 0 Å². The molecule has 0 bridgehead atoms. The van der Waals surface area contributed by atoms with Crippen molar-refractivity contribution in [2.75, 3.05) is 0 Å². The third-order valence-corrected chi connectivity index (χ3v) is 4.57. The third kappa shape index (κ3) is 6.20. The Labute approximate surface area is 179 Å². The van der Waals surface area contributed by atoms with E-state index in [1.807, 2.05) is 0 Å². The topological polar surface area (TPSA) is 43.2 Å². The van der Waals surface area contributed by atoms with Crippen LogP contribution < -0.4 is 0 Å². The molecule has 2 aliphatic heterocycles. The van der Waals surface area contributed by atoms with E-state index in [0.29, 0.717) is 6.42 Å². The Morgan fingerprint density at radius 1 is 0.808 bits per heavy atom. The average Bonchev–Trinajstić information content (AvgIpc) is 2.85. The van der Waals surface area contributed by atoms with Crippen LogP contribution in [0.2, 0.25) is 0 Å². The molecule has 0 amide bonds. The van der Waals surface area contributed by atoms with Crippen molar-refractivity contribution in [1.29, 1.82) is 0 Å². The molecule has 0 N–H and O–H groups in total. The summed E-state index contributed by atoms with van der Waals surface area (Å²) >= 11 is 6.00. The van der Waals surface area contributed by atoms with Crippen LogP contribution in [0, 0.1) is 10.8 Å². The zero-order chi connectivity index (χ0) is 20.6. The van der Waals surface area contributed by atoms with Crippen molar-refractivity contribution >= 4 is 40.2 Å². The van der Waals surface area contributed by atoms with E-state index in [4.69, 9.17) is 19.5 Å². The monoisotopic (exact) mass is 538 g/mol. The Morgan fingerprint density at radius 3 is 1.27 bits per heavy atom. The second-order valence-corrected chi connectivity index (χ2v) is 15.2. The van der Waals surface area contributed by atoms with Crippen molar-refractivity contribution in [3.63, 3.8) is 0 Å². The van der Waals surface area contributed by atoms with E-state index in [2.05, 4.69) is 97.7 Å². The van der Waals surface area contributed by atoms with E-state index < -0.39 is 0 Å². The van der Waals surface area contributed by atoms with Gasteiger partial charge in [0.15, 0.2) is 11.8 Å². The number of hydrogen-bond donors (Lipinski definition) is 0. The molecule has 156 valence electrons. The molecule has 0 unspecified atom stereocenters. The molecule has 0 aromatic heterocycles. The first kappa shape index (κ1) is 24.4. The van der Waals surface area contributed by atoms with Gasteiger partial charge in [-0.25, -0.2) is 9.98 Å². The van der Waals surface area contributed by atoms with Gasteiger partial charge in [-0.05, 0) is 38.5 Å². The average molecular weight is 541 g/mol. The van der Waals surface area contributed by atoms with Crippen LogP contribution in [-0.2, 0) is 20.4 Å². The van der Waals surface area contributed by atoms with Crippen molar-refractivity contribution in [3.8, 4) is 0 Å². The summed E-state index contributed by atoms with van der Waals surface area (Å²) in [6.07, 6.45) is 0.548. The first-order valence-corrected chi connectivity index (χ1v) is 13.8. The molecule has 0 fully saturated rings. The summed E-state index contributed by atoms with van der Waals surface area (Å²) in [6.45, 7) is 21.7. The van der Waals surface area contributed by atoms with Gasteiger partial charge in [0.2, 0.25) is 0 Å². The number of hydrogen-bond acceptors (Lipinski definition) is 4. The molecule has 26 heavy (non-hydrogen) atoms. The summed E-state index contributed by atoms with van der Waals surface area (Å²) in [7, 11) is 1.25. The Kier molecular flexibility index (Phi) is 7.90. The van der Waals surface area contributed by atoms with Crippen molar-refractivity contribution < 1.29 is 20.4 Å². The molecule has 0 radical (unpaired) electrons. The summed E-state index contributed by atoms with van der Waals surface area (Å²) in [5.74, 6) is 1.50.